The second kappa shape index (κ2) is 8.64. The van der Waals surface area contributed by atoms with Gasteiger partial charge in [-0.15, -0.1) is 0 Å². The van der Waals surface area contributed by atoms with Gasteiger partial charge in [0.05, 0.1) is 24.0 Å². The van der Waals surface area contributed by atoms with Crippen LogP contribution < -0.4 is 15.4 Å². The molecule has 0 radical (unpaired) electrons. The monoisotopic (exact) mass is 398 g/mol. The number of urea groups is 1. The van der Waals surface area contributed by atoms with E-state index in [0.29, 0.717) is 23.3 Å². The molecule has 3 rings (SSSR count). The Morgan fingerprint density at radius 2 is 1.97 bits per heavy atom. The molecule has 152 valence electrons. The minimum Gasteiger partial charge on any atom is -0.459 e. The van der Waals surface area contributed by atoms with Crippen molar-refractivity contribution in [1.29, 1.82) is 0 Å². The van der Waals surface area contributed by atoms with E-state index >= 15 is 0 Å². The fourth-order valence-electron chi connectivity index (χ4n) is 2.98. The highest BCUT2D eigenvalue weighted by atomic mass is 16.5. The summed E-state index contributed by atoms with van der Waals surface area (Å²) in [6, 6.07) is 8.51. The summed E-state index contributed by atoms with van der Waals surface area (Å²) >= 11 is 0. The topological polar surface area (TPSA) is 107 Å². The van der Waals surface area contributed by atoms with Crippen LogP contribution in [0.1, 0.15) is 49.4 Å². The van der Waals surface area contributed by atoms with Crippen LogP contribution in [0.2, 0.25) is 0 Å². The molecule has 1 unspecified atom stereocenters. The van der Waals surface area contributed by atoms with E-state index in [4.69, 9.17) is 13.9 Å². The predicted molar refractivity (Wildman–Crippen MR) is 103 cm³/mol. The van der Waals surface area contributed by atoms with Gasteiger partial charge >= 0.3 is 18.0 Å². The van der Waals surface area contributed by atoms with Gasteiger partial charge in [-0.05, 0) is 50.1 Å². The summed E-state index contributed by atoms with van der Waals surface area (Å²) in [6.07, 6.45) is 1.51. The van der Waals surface area contributed by atoms with Crippen LogP contribution in [0.5, 0.6) is 5.75 Å². The lowest BCUT2D eigenvalue weighted by atomic mass is 9.94. The molecule has 1 aromatic heterocycles. The summed E-state index contributed by atoms with van der Waals surface area (Å²) in [5.74, 6) is -0.843. The molecule has 0 saturated carbocycles. The van der Waals surface area contributed by atoms with Crippen molar-refractivity contribution in [2.45, 2.75) is 39.3 Å². The third-order valence-electron chi connectivity index (χ3n) is 4.19. The van der Waals surface area contributed by atoms with Crippen molar-refractivity contribution in [3.05, 3.63) is 65.3 Å². The van der Waals surface area contributed by atoms with Crippen LogP contribution >= 0.6 is 0 Å². The van der Waals surface area contributed by atoms with Gasteiger partial charge < -0.3 is 24.5 Å². The predicted octanol–water partition coefficient (Wildman–Crippen LogP) is 3.47. The standard InChI is InChI=1S/C21H22N2O6/c1-4-15-17(20(25)28-12(2)3)18(23-21(26)22-15)13-7-5-8-14(11-13)29-19(24)16-9-6-10-27-16/h5-12,18H,4H2,1-3H3,(H2,22,23,26). The number of hydrogen-bond donors (Lipinski definition) is 2. The Balaban J connectivity index is 1.93. The van der Waals surface area contributed by atoms with Crippen molar-refractivity contribution in [3.8, 4) is 5.75 Å². The zero-order valence-electron chi connectivity index (χ0n) is 16.4. The molecule has 2 heterocycles. The number of amides is 2. The average Bonchev–Trinajstić information content (AvgIpc) is 3.21. The number of carbonyl (C=O) groups excluding carboxylic acids is 3. The fraction of sp³-hybridized carbons (Fsp3) is 0.286. The zero-order chi connectivity index (χ0) is 21.0. The lowest BCUT2D eigenvalue weighted by molar-refractivity contribution is -0.143. The Morgan fingerprint density at radius 3 is 2.62 bits per heavy atom. The van der Waals surface area contributed by atoms with Gasteiger partial charge in [0.1, 0.15) is 5.75 Å². The van der Waals surface area contributed by atoms with Crippen molar-refractivity contribution in [2.75, 3.05) is 0 Å². The van der Waals surface area contributed by atoms with Gasteiger partial charge in [0.2, 0.25) is 5.76 Å². The second-order valence-electron chi connectivity index (χ2n) is 6.67. The van der Waals surface area contributed by atoms with Crippen molar-refractivity contribution in [2.24, 2.45) is 0 Å². The van der Waals surface area contributed by atoms with Gasteiger partial charge in [0.15, 0.2) is 0 Å². The maximum Gasteiger partial charge on any atom is 0.379 e. The van der Waals surface area contributed by atoms with Gasteiger partial charge in [0, 0.05) is 5.70 Å². The maximum atomic E-state index is 12.7. The van der Waals surface area contributed by atoms with Gasteiger partial charge in [-0.3, -0.25) is 0 Å². The number of nitrogens with one attached hydrogen (secondary N) is 2. The molecule has 1 aromatic carbocycles. The van der Waals surface area contributed by atoms with Gasteiger partial charge in [-0.2, -0.15) is 0 Å². The molecule has 1 aliphatic rings. The molecular weight excluding hydrogens is 376 g/mol. The summed E-state index contributed by atoms with van der Waals surface area (Å²) in [5.41, 5.74) is 1.38. The smallest absolute Gasteiger partial charge is 0.379 e. The highest BCUT2D eigenvalue weighted by molar-refractivity contribution is 5.95. The Hall–Kier alpha value is -3.55. The summed E-state index contributed by atoms with van der Waals surface area (Å²) in [4.78, 5) is 37.0. The molecule has 0 spiro atoms. The van der Waals surface area contributed by atoms with E-state index in [1.165, 1.54) is 12.3 Å². The molecular formula is C21H22N2O6. The molecule has 0 aliphatic carbocycles. The van der Waals surface area contributed by atoms with Crippen LogP contribution in [0.3, 0.4) is 0 Å². The van der Waals surface area contributed by atoms with Crippen LogP contribution in [0, 0.1) is 0 Å². The normalized spacial score (nSPS) is 16.3. The molecule has 1 atom stereocenters. The van der Waals surface area contributed by atoms with Crippen molar-refractivity contribution >= 4 is 18.0 Å². The first kappa shape index (κ1) is 20.2. The minimum atomic E-state index is -0.743. The number of rotatable bonds is 6. The van der Waals surface area contributed by atoms with Gasteiger partial charge in [-0.1, -0.05) is 19.1 Å². The SMILES string of the molecule is CCC1=C(C(=O)OC(C)C)C(c2cccc(OC(=O)c3ccco3)c2)NC(=O)N1. The van der Waals surface area contributed by atoms with Crippen LogP contribution in [0.25, 0.3) is 0 Å². The number of allylic oxidation sites excluding steroid dienone is 1. The van der Waals surface area contributed by atoms with Crippen molar-refractivity contribution in [1.82, 2.24) is 10.6 Å². The number of benzene rings is 1. The Kier molecular flexibility index (Phi) is 6.01. The highest BCUT2D eigenvalue weighted by Crippen LogP contribution is 2.31. The van der Waals surface area contributed by atoms with E-state index in [9.17, 15) is 14.4 Å². The molecule has 1 aliphatic heterocycles. The highest BCUT2D eigenvalue weighted by Gasteiger charge is 2.33. The number of hydrogen-bond acceptors (Lipinski definition) is 6. The minimum absolute atomic E-state index is 0.0694. The molecule has 0 bridgehead atoms. The van der Waals surface area contributed by atoms with E-state index in [1.807, 2.05) is 6.92 Å². The van der Waals surface area contributed by atoms with E-state index in [0.717, 1.165) is 0 Å². The first-order valence-corrected chi connectivity index (χ1v) is 9.26. The summed E-state index contributed by atoms with van der Waals surface area (Å²) < 4.78 is 15.7. The third kappa shape index (κ3) is 4.66. The van der Waals surface area contributed by atoms with Gasteiger partial charge in [-0.25, -0.2) is 14.4 Å². The van der Waals surface area contributed by atoms with E-state index in [-0.39, 0.29) is 17.6 Å². The first-order chi connectivity index (χ1) is 13.9. The van der Waals surface area contributed by atoms with E-state index in [2.05, 4.69) is 10.6 Å². The number of ether oxygens (including phenoxy) is 2. The molecule has 29 heavy (non-hydrogen) atoms. The molecule has 0 saturated heterocycles. The van der Waals surface area contributed by atoms with Crippen molar-refractivity contribution in [3.63, 3.8) is 0 Å². The first-order valence-electron chi connectivity index (χ1n) is 9.26. The number of esters is 2. The lowest BCUT2D eigenvalue weighted by Gasteiger charge is -2.29. The molecule has 2 amide bonds. The van der Waals surface area contributed by atoms with Crippen LogP contribution in [-0.2, 0) is 9.53 Å². The molecule has 8 heteroatoms. The molecule has 2 N–H and O–H groups in total. The maximum absolute atomic E-state index is 12.7. The van der Waals surface area contributed by atoms with Crippen molar-refractivity contribution < 1.29 is 28.3 Å². The summed E-state index contributed by atoms with van der Waals surface area (Å²) in [6.45, 7) is 5.34. The van der Waals surface area contributed by atoms with Gasteiger partial charge in [0.25, 0.3) is 0 Å². The van der Waals surface area contributed by atoms with Crippen LogP contribution in [0.15, 0.2) is 58.3 Å². The van der Waals surface area contributed by atoms with Crippen LogP contribution in [0.4, 0.5) is 4.79 Å². The third-order valence-corrected chi connectivity index (χ3v) is 4.19. The largest absolute Gasteiger partial charge is 0.459 e. The zero-order valence-corrected chi connectivity index (χ0v) is 16.4. The lowest BCUT2D eigenvalue weighted by Crippen LogP contribution is -2.46. The molecule has 2 aromatic rings. The average molecular weight is 398 g/mol. The van der Waals surface area contributed by atoms with E-state index < -0.39 is 24.0 Å². The van der Waals surface area contributed by atoms with Crippen LogP contribution in [-0.4, -0.2) is 24.1 Å². The quantitative estimate of drug-likeness (QED) is 0.570. The van der Waals surface area contributed by atoms with E-state index in [1.54, 1.807) is 44.2 Å². The Labute approximate surface area is 167 Å². The fourth-order valence-corrected chi connectivity index (χ4v) is 2.98. The summed E-state index contributed by atoms with van der Waals surface area (Å²) in [7, 11) is 0. The Morgan fingerprint density at radius 1 is 1.17 bits per heavy atom. The summed E-state index contributed by atoms with van der Waals surface area (Å²) in [5, 5.41) is 5.41. The molecule has 8 nitrogen and oxygen atoms in total. The number of carbonyl (C=O) groups is 3. The second-order valence-corrected chi connectivity index (χ2v) is 6.67. The molecule has 0 fully saturated rings. The Bertz CT molecular complexity index is 946. The number of furan rings is 1.